The number of rotatable bonds is 4. The van der Waals surface area contributed by atoms with E-state index in [0.717, 1.165) is 18.4 Å². The molecule has 0 radical (unpaired) electrons. The first kappa shape index (κ1) is 17.4. The SMILES string of the molecule is CC.CCCc1cc(C)c(/C(C)=C/C(C)=C/N)cn1. The smallest absolute Gasteiger partial charge is 0.0406 e. The molecule has 106 valence electrons. The van der Waals surface area contributed by atoms with Gasteiger partial charge in [0.2, 0.25) is 0 Å². The molecule has 19 heavy (non-hydrogen) atoms. The maximum Gasteiger partial charge on any atom is 0.0406 e. The molecule has 0 saturated heterocycles. The van der Waals surface area contributed by atoms with Crippen molar-refractivity contribution < 1.29 is 0 Å². The van der Waals surface area contributed by atoms with Crippen LogP contribution in [0.1, 0.15) is 57.9 Å². The third kappa shape index (κ3) is 5.73. The van der Waals surface area contributed by atoms with Crippen LogP contribution in [0.25, 0.3) is 5.57 Å². The zero-order valence-electron chi connectivity index (χ0n) is 13.2. The Morgan fingerprint density at radius 3 is 2.42 bits per heavy atom. The van der Waals surface area contributed by atoms with Gasteiger partial charge in [-0.1, -0.05) is 33.3 Å². The predicted molar refractivity (Wildman–Crippen MR) is 85.9 cm³/mol. The molecule has 1 heterocycles. The molecule has 0 unspecified atom stereocenters. The van der Waals surface area contributed by atoms with Crippen molar-refractivity contribution in [3.05, 3.63) is 46.9 Å². The van der Waals surface area contributed by atoms with Crippen molar-refractivity contribution in [3.8, 4) is 0 Å². The average Bonchev–Trinajstić information content (AvgIpc) is 2.41. The van der Waals surface area contributed by atoms with Crippen molar-refractivity contribution in [2.24, 2.45) is 5.73 Å². The molecule has 1 rings (SSSR count). The molecule has 2 nitrogen and oxygen atoms in total. The summed E-state index contributed by atoms with van der Waals surface area (Å²) in [6.45, 7) is 12.4. The van der Waals surface area contributed by atoms with Crippen LogP contribution in [-0.4, -0.2) is 4.98 Å². The molecule has 0 bridgehead atoms. The zero-order chi connectivity index (χ0) is 14.8. The van der Waals surface area contributed by atoms with Crippen LogP contribution >= 0.6 is 0 Å². The van der Waals surface area contributed by atoms with Crippen molar-refractivity contribution in [1.29, 1.82) is 0 Å². The standard InChI is InChI=1S/C15H22N2.C2H6/c1-5-6-14-8-13(4)15(10-17-14)12(3)7-11(2)9-16;1-2/h7-10H,5-6,16H2,1-4H3;1-2H3/b11-9+,12-7+;. The zero-order valence-corrected chi connectivity index (χ0v) is 13.2. The monoisotopic (exact) mass is 260 g/mol. The molecular weight excluding hydrogens is 232 g/mol. The summed E-state index contributed by atoms with van der Waals surface area (Å²) in [6.07, 6.45) is 7.86. The van der Waals surface area contributed by atoms with Crippen molar-refractivity contribution in [2.75, 3.05) is 0 Å². The van der Waals surface area contributed by atoms with Crippen molar-refractivity contribution >= 4 is 5.57 Å². The molecule has 1 aromatic heterocycles. The highest BCUT2D eigenvalue weighted by Crippen LogP contribution is 2.20. The number of hydrogen-bond donors (Lipinski definition) is 1. The van der Waals surface area contributed by atoms with Crippen LogP contribution in [0.15, 0.2) is 30.1 Å². The minimum absolute atomic E-state index is 1.05. The number of nitrogens with two attached hydrogens (primary N) is 1. The van der Waals surface area contributed by atoms with E-state index in [4.69, 9.17) is 5.73 Å². The number of nitrogens with zero attached hydrogens (tertiary/aromatic N) is 1. The Hall–Kier alpha value is -1.57. The summed E-state index contributed by atoms with van der Waals surface area (Å²) in [7, 11) is 0. The molecule has 0 spiro atoms. The number of hydrogen-bond acceptors (Lipinski definition) is 2. The van der Waals surface area contributed by atoms with Crippen LogP contribution in [0, 0.1) is 6.92 Å². The Labute approximate surface area is 118 Å². The molecule has 0 aliphatic rings. The van der Waals surface area contributed by atoms with Crippen LogP contribution in [0.4, 0.5) is 0 Å². The second-order valence-corrected chi connectivity index (χ2v) is 4.48. The van der Waals surface area contributed by atoms with Gasteiger partial charge in [-0.25, -0.2) is 0 Å². The minimum Gasteiger partial charge on any atom is -0.404 e. The first-order valence-electron chi connectivity index (χ1n) is 7.11. The van der Waals surface area contributed by atoms with Gasteiger partial charge in [0.25, 0.3) is 0 Å². The summed E-state index contributed by atoms with van der Waals surface area (Å²) in [4.78, 5) is 4.49. The normalized spacial score (nSPS) is 11.9. The van der Waals surface area contributed by atoms with Gasteiger partial charge in [0.15, 0.2) is 0 Å². The predicted octanol–water partition coefficient (Wildman–Crippen LogP) is 4.63. The fraction of sp³-hybridized carbons (Fsp3) is 0.471. The maximum atomic E-state index is 5.48. The molecule has 2 heteroatoms. The van der Waals surface area contributed by atoms with Crippen LogP contribution in [0.3, 0.4) is 0 Å². The maximum absolute atomic E-state index is 5.48. The largest absolute Gasteiger partial charge is 0.404 e. The highest BCUT2D eigenvalue weighted by molar-refractivity contribution is 5.68. The van der Waals surface area contributed by atoms with Gasteiger partial charge in [0.05, 0.1) is 0 Å². The lowest BCUT2D eigenvalue weighted by atomic mass is 10.0. The number of pyridine rings is 1. The van der Waals surface area contributed by atoms with E-state index >= 15 is 0 Å². The van der Waals surface area contributed by atoms with Gasteiger partial charge in [-0.2, -0.15) is 0 Å². The summed E-state index contributed by atoms with van der Waals surface area (Å²) in [6, 6.07) is 2.18. The summed E-state index contributed by atoms with van der Waals surface area (Å²) < 4.78 is 0. The summed E-state index contributed by atoms with van der Waals surface area (Å²) >= 11 is 0. The van der Waals surface area contributed by atoms with E-state index in [2.05, 4.69) is 37.9 Å². The Morgan fingerprint density at radius 2 is 1.95 bits per heavy atom. The van der Waals surface area contributed by atoms with E-state index < -0.39 is 0 Å². The molecule has 1 aromatic rings. The first-order chi connectivity index (χ1) is 9.08. The molecule has 0 saturated carbocycles. The van der Waals surface area contributed by atoms with Gasteiger partial charge < -0.3 is 5.73 Å². The van der Waals surface area contributed by atoms with Gasteiger partial charge in [0.1, 0.15) is 0 Å². The highest BCUT2D eigenvalue weighted by Gasteiger charge is 2.03. The van der Waals surface area contributed by atoms with Gasteiger partial charge in [-0.05, 0) is 61.7 Å². The lowest BCUT2D eigenvalue weighted by Crippen LogP contribution is -1.95. The summed E-state index contributed by atoms with van der Waals surface area (Å²) in [5.41, 5.74) is 11.4. The van der Waals surface area contributed by atoms with Crippen LogP contribution in [0.5, 0.6) is 0 Å². The van der Waals surface area contributed by atoms with Crippen LogP contribution in [-0.2, 0) is 6.42 Å². The second-order valence-electron chi connectivity index (χ2n) is 4.48. The third-order valence-corrected chi connectivity index (χ3v) is 2.81. The van der Waals surface area contributed by atoms with E-state index in [-0.39, 0.29) is 0 Å². The van der Waals surface area contributed by atoms with E-state index in [0.29, 0.717) is 0 Å². The minimum atomic E-state index is 1.05. The quantitative estimate of drug-likeness (QED) is 0.801. The van der Waals surface area contributed by atoms with Gasteiger partial charge in [-0.15, -0.1) is 0 Å². The molecule has 2 N–H and O–H groups in total. The highest BCUT2D eigenvalue weighted by atomic mass is 14.7. The molecule has 0 atom stereocenters. The van der Waals surface area contributed by atoms with Crippen molar-refractivity contribution in [1.82, 2.24) is 4.98 Å². The van der Waals surface area contributed by atoms with E-state index in [1.807, 2.05) is 27.0 Å². The average molecular weight is 260 g/mol. The Bertz CT molecular complexity index is 443. The van der Waals surface area contributed by atoms with E-state index in [9.17, 15) is 0 Å². The fourth-order valence-electron chi connectivity index (χ4n) is 1.89. The van der Waals surface area contributed by atoms with Gasteiger partial charge >= 0.3 is 0 Å². The Balaban J connectivity index is 0.00000154. The Morgan fingerprint density at radius 1 is 1.32 bits per heavy atom. The molecular formula is C17H28N2. The fourth-order valence-corrected chi connectivity index (χ4v) is 1.89. The summed E-state index contributed by atoms with van der Waals surface area (Å²) in [5.74, 6) is 0. The topological polar surface area (TPSA) is 38.9 Å². The van der Waals surface area contributed by atoms with Gasteiger partial charge in [0, 0.05) is 11.9 Å². The number of aryl methyl sites for hydroxylation is 2. The van der Waals surface area contributed by atoms with E-state index in [1.54, 1.807) is 6.20 Å². The van der Waals surface area contributed by atoms with Crippen LogP contribution < -0.4 is 5.73 Å². The molecule has 0 amide bonds. The van der Waals surface area contributed by atoms with Crippen molar-refractivity contribution in [3.63, 3.8) is 0 Å². The Kier molecular flexibility index (Phi) is 8.60. The lowest BCUT2D eigenvalue weighted by molar-refractivity contribution is 0.879. The lowest BCUT2D eigenvalue weighted by Gasteiger charge is -2.08. The number of aromatic nitrogens is 1. The molecule has 0 aliphatic heterocycles. The first-order valence-corrected chi connectivity index (χ1v) is 7.11. The second kappa shape index (κ2) is 9.37. The molecule has 0 aromatic carbocycles. The number of allylic oxidation sites excluding steroid dienone is 3. The molecule has 0 fully saturated rings. The van der Waals surface area contributed by atoms with E-state index in [1.165, 1.54) is 22.4 Å². The van der Waals surface area contributed by atoms with Crippen LogP contribution in [0.2, 0.25) is 0 Å². The summed E-state index contributed by atoms with van der Waals surface area (Å²) in [5, 5.41) is 0. The molecule has 0 aliphatic carbocycles. The van der Waals surface area contributed by atoms with Crippen molar-refractivity contribution in [2.45, 2.75) is 54.4 Å². The van der Waals surface area contributed by atoms with Gasteiger partial charge in [-0.3, -0.25) is 4.98 Å². The third-order valence-electron chi connectivity index (χ3n) is 2.81.